The minimum absolute atomic E-state index is 0.0730. The van der Waals surface area contributed by atoms with Gasteiger partial charge in [-0.3, -0.25) is 4.79 Å². The smallest absolute Gasteiger partial charge is 0.331 e. The Morgan fingerprint density at radius 3 is 2.48 bits per heavy atom. The fourth-order valence-corrected chi connectivity index (χ4v) is 1.82. The van der Waals surface area contributed by atoms with Crippen molar-refractivity contribution >= 4 is 23.4 Å². The zero-order chi connectivity index (χ0) is 16.7. The van der Waals surface area contributed by atoms with Gasteiger partial charge in [0.25, 0.3) is 0 Å². The number of carbonyl (C=O) groups is 2. The molecule has 2 aromatic rings. The molecule has 3 N–H and O–H groups in total. The number of ketones is 1. The Labute approximate surface area is 133 Å². The van der Waals surface area contributed by atoms with Crippen LogP contribution in [-0.2, 0) is 9.63 Å². The standard InChI is InChI=1S/C17H17N3O3/c1-2-15(21)23-20-17(18)19-14-10-6-9-13(11-14)16(22)12-7-4-3-5-8-12/h3-11H,2H2,1H3,(H3,18,19,20). The van der Waals surface area contributed by atoms with Crippen LogP contribution in [0, 0.1) is 0 Å². The molecule has 0 aliphatic carbocycles. The van der Waals surface area contributed by atoms with Gasteiger partial charge in [-0.2, -0.15) is 5.48 Å². The molecule has 0 radical (unpaired) electrons. The molecule has 23 heavy (non-hydrogen) atoms. The molecule has 0 bridgehead atoms. The topological polar surface area (TPSA) is 93.8 Å². The maximum atomic E-state index is 12.4. The van der Waals surface area contributed by atoms with E-state index in [0.717, 1.165) is 0 Å². The monoisotopic (exact) mass is 311 g/mol. The number of nitrogens with one attached hydrogen (secondary N) is 1. The number of benzene rings is 2. The zero-order valence-corrected chi connectivity index (χ0v) is 12.7. The zero-order valence-electron chi connectivity index (χ0n) is 12.7. The van der Waals surface area contributed by atoms with E-state index in [0.29, 0.717) is 16.8 Å². The predicted molar refractivity (Wildman–Crippen MR) is 87.1 cm³/mol. The second-order valence-electron chi connectivity index (χ2n) is 4.67. The van der Waals surface area contributed by atoms with E-state index < -0.39 is 5.97 Å². The molecule has 0 atom stereocenters. The first-order valence-corrected chi connectivity index (χ1v) is 7.10. The number of nitrogens with two attached hydrogens (primary N) is 1. The lowest BCUT2D eigenvalue weighted by molar-refractivity contribution is -0.147. The van der Waals surface area contributed by atoms with E-state index in [1.165, 1.54) is 0 Å². The van der Waals surface area contributed by atoms with Gasteiger partial charge in [0.05, 0.1) is 5.69 Å². The summed E-state index contributed by atoms with van der Waals surface area (Å²) in [4.78, 5) is 32.1. The normalized spacial score (nSPS) is 10.9. The van der Waals surface area contributed by atoms with Gasteiger partial charge in [-0.1, -0.05) is 49.4 Å². The van der Waals surface area contributed by atoms with Gasteiger partial charge in [0.15, 0.2) is 5.78 Å². The summed E-state index contributed by atoms with van der Waals surface area (Å²) in [5, 5.41) is 0. The highest BCUT2D eigenvalue weighted by atomic mass is 16.7. The third-order valence-electron chi connectivity index (χ3n) is 2.95. The van der Waals surface area contributed by atoms with Crippen molar-refractivity contribution in [2.24, 2.45) is 10.7 Å². The maximum Gasteiger partial charge on any atom is 0.331 e. The molecule has 2 aromatic carbocycles. The lowest BCUT2D eigenvalue weighted by Gasteiger charge is -2.05. The van der Waals surface area contributed by atoms with Crippen LogP contribution in [0.1, 0.15) is 29.3 Å². The van der Waals surface area contributed by atoms with Gasteiger partial charge in [-0.25, -0.2) is 9.79 Å². The Balaban J connectivity index is 2.13. The first-order chi connectivity index (χ1) is 11.1. The summed E-state index contributed by atoms with van der Waals surface area (Å²) in [6.07, 6.45) is 0.224. The van der Waals surface area contributed by atoms with Crippen molar-refractivity contribution in [3.05, 3.63) is 65.7 Å². The molecule has 0 unspecified atom stereocenters. The molecular formula is C17H17N3O3. The fourth-order valence-electron chi connectivity index (χ4n) is 1.82. The number of carbonyl (C=O) groups excluding carboxylic acids is 2. The molecular weight excluding hydrogens is 294 g/mol. The number of hydroxylamine groups is 1. The van der Waals surface area contributed by atoms with E-state index >= 15 is 0 Å². The Morgan fingerprint density at radius 2 is 1.78 bits per heavy atom. The van der Waals surface area contributed by atoms with E-state index in [1.54, 1.807) is 55.5 Å². The highest BCUT2D eigenvalue weighted by Crippen LogP contribution is 2.17. The first-order valence-electron chi connectivity index (χ1n) is 7.10. The number of nitrogens with zero attached hydrogens (tertiary/aromatic N) is 1. The quantitative estimate of drug-likeness (QED) is 0.391. The van der Waals surface area contributed by atoms with E-state index in [1.807, 2.05) is 6.07 Å². The summed E-state index contributed by atoms with van der Waals surface area (Å²) >= 11 is 0. The minimum Gasteiger partial charge on any atom is -0.367 e. The van der Waals surface area contributed by atoms with Gasteiger partial charge < -0.3 is 10.6 Å². The molecule has 6 heteroatoms. The summed E-state index contributed by atoms with van der Waals surface area (Å²) in [7, 11) is 0. The van der Waals surface area contributed by atoms with Crippen molar-refractivity contribution in [1.82, 2.24) is 5.48 Å². The summed E-state index contributed by atoms with van der Waals surface area (Å²) in [5.74, 6) is -0.626. The van der Waals surface area contributed by atoms with Crippen molar-refractivity contribution in [3.8, 4) is 0 Å². The Bertz CT molecular complexity index is 727. The Hall–Kier alpha value is -3.15. The lowest BCUT2D eigenvalue weighted by atomic mass is 10.0. The van der Waals surface area contributed by atoms with E-state index in [9.17, 15) is 9.59 Å². The molecule has 0 aliphatic heterocycles. The minimum atomic E-state index is -0.448. The Kier molecular flexibility index (Phi) is 5.46. The van der Waals surface area contributed by atoms with Crippen LogP contribution in [0.15, 0.2) is 59.6 Å². The second kappa shape index (κ2) is 7.74. The van der Waals surface area contributed by atoms with E-state index in [4.69, 9.17) is 5.73 Å². The Morgan fingerprint density at radius 1 is 1.09 bits per heavy atom. The van der Waals surface area contributed by atoms with Crippen LogP contribution in [0.4, 0.5) is 5.69 Å². The van der Waals surface area contributed by atoms with Crippen molar-refractivity contribution in [2.45, 2.75) is 13.3 Å². The highest BCUT2D eigenvalue weighted by molar-refractivity contribution is 6.09. The molecule has 0 amide bonds. The fraction of sp³-hybridized carbons (Fsp3) is 0.118. The maximum absolute atomic E-state index is 12.4. The van der Waals surface area contributed by atoms with Gasteiger partial charge in [0.2, 0.25) is 5.96 Å². The number of guanidine groups is 1. The molecule has 0 aromatic heterocycles. The van der Waals surface area contributed by atoms with Crippen LogP contribution < -0.4 is 11.2 Å². The molecule has 118 valence electrons. The average molecular weight is 311 g/mol. The molecule has 0 fully saturated rings. The van der Waals surface area contributed by atoms with Gasteiger partial charge in [0, 0.05) is 17.5 Å². The molecule has 0 saturated carbocycles. The van der Waals surface area contributed by atoms with Gasteiger partial charge >= 0.3 is 5.97 Å². The van der Waals surface area contributed by atoms with Crippen LogP contribution >= 0.6 is 0 Å². The summed E-state index contributed by atoms with van der Waals surface area (Å²) in [6, 6.07) is 15.7. The molecule has 0 saturated heterocycles. The third kappa shape index (κ3) is 4.67. The summed E-state index contributed by atoms with van der Waals surface area (Å²) < 4.78 is 0. The number of hydrogen-bond acceptors (Lipinski definition) is 4. The number of hydrogen-bond donors (Lipinski definition) is 2. The van der Waals surface area contributed by atoms with Crippen LogP contribution in [-0.4, -0.2) is 17.7 Å². The third-order valence-corrected chi connectivity index (χ3v) is 2.95. The number of rotatable bonds is 4. The van der Waals surface area contributed by atoms with Crippen molar-refractivity contribution in [2.75, 3.05) is 0 Å². The molecule has 0 heterocycles. The highest BCUT2D eigenvalue weighted by Gasteiger charge is 2.09. The molecule has 0 aliphatic rings. The van der Waals surface area contributed by atoms with Crippen LogP contribution in [0.5, 0.6) is 0 Å². The predicted octanol–water partition coefficient (Wildman–Crippen LogP) is 2.32. The summed E-state index contributed by atoms with van der Waals surface area (Å²) in [5.41, 5.74) is 9.44. The van der Waals surface area contributed by atoms with Crippen LogP contribution in [0.2, 0.25) is 0 Å². The molecule has 6 nitrogen and oxygen atoms in total. The second-order valence-corrected chi connectivity index (χ2v) is 4.67. The van der Waals surface area contributed by atoms with Crippen molar-refractivity contribution in [3.63, 3.8) is 0 Å². The number of aliphatic imine (C=N–C) groups is 1. The van der Waals surface area contributed by atoms with E-state index in [2.05, 4.69) is 15.3 Å². The lowest BCUT2D eigenvalue weighted by Crippen LogP contribution is -2.33. The van der Waals surface area contributed by atoms with Gasteiger partial charge in [-0.05, 0) is 12.1 Å². The van der Waals surface area contributed by atoms with Crippen LogP contribution in [0.3, 0.4) is 0 Å². The summed E-state index contributed by atoms with van der Waals surface area (Å²) in [6.45, 7) is 1.66. The van der Waals surface area contributed by atoms with Crippen molar-refractivity contribution < 1.29 is 14.4 Å². The molecule has 2 rings (SSSR count). The largest absolute Gasteiger partial charge is 0.367 e. The molecule has 0 spiro atoms. The first kappa shape index (κ1) is 16.2. The van der Waals surface area contributed by atoms with E-state index in [-0.39, 0.29) is 18.2 Å². The van der Waals surface area contributed by atoms with Crippen LogP contribution in [0.25, 0.3) is 0 Å². The van der Waals surface area contributed by atoms with Crippen molar-refractivity contribution in [1.29, 1.82) is 0 Å². The average Bonchev–Trinajstić information content (AvgIpc) is 2.60. The van der Waals surface area contributed by atoms with Gasteiger partial charge in [0.1, 0.15) is 0 Å². The van der Waals surface area contributed by atoms with Gasteiger partial charge in [-0.15, -0.1) is 0 Å². The SMILES string of the molecule is CCC(=O)ONC(N)=Nc1cccc(C(=O)c2ccccc2)c1.